The Kier molecular flexibility index (Phi) is 2.43. The molecule has 1 aliphatic rings. The average molecular weight is 240 g/mol. The molecule has 2 atom stereocenters. The van der Waals surface area contributed by atoms with E-state index in [1.807, 2.05) is 0 Å². The van der Waals surface area contributed by atoms with Gasteiger partial charge in [-0.15, -0.1) is 0 Å². The summed E-state index contributed by atoms with van der Waals surface area (Å²) in [6, 6.07) is 6.43. The second-order valence-corrected chi connectivity index (χ2v) is 4.65. The molecular weight excluding hydrogens is 226 g/mol. The molecule has 1 aromatic rings. The van der Waals surface area contributed by atoms with Gasteiger partial charge in [0.05, 0.1) is 0 Å². The Hall–Kier alpha value is -0.340. The van der Waals surface area contributed by atoms with E-state index in [0.29, 0.717) is 0 Å². The molecule has 0 saturated heterocycles. The van der Waals surface area contributed by atoms with Crippen LogP contribution in [-0.4, -0.2) is 6.54 Å². The minimum absolute atomic E-state index is 0.725. The Labute approximate surface area is 87.5 Å². The zero-order chi connectivity index (χ0) is 9.42. The summed E-state index contributed by atoms with van der Waals surface area (Å²) in [5.74, 6) is 1.45. The van der Waals surface area contributed by atoms with Crippen LogP contribution >= 0.6 is 15.9 Å². The first-order valence-corrected chi connectivity index (χ1v) is 5.48. The lowest BCUT2D eigenvalue weighted by atomic mass is 10.0. The van der Waals surface area contributed by atoms with Gasteiger partial charge in [0.15, 0.2) is 0 Å². The Bertz CT molecular complexity index is 322. The van der Waals surface area contributed by atoms with Gasteiger partial charge in [-0.1, -0.05) is 28.1 Å². The van der Waals surface area contributed by atoms with Gasteiger partial charge in [-0.05, 0) is 48.9 Å². The fourth-order valence-electron chi connectivity index (χ4n) is 1.91. The third kappa shape index (κ3) is 1.65. The number of hydrogen-bond acceptors (Lipinski definition) is 1. The van der Waals surface area contributed by atoms with E-state index in [0.717, 1.165) is 18.4 Å². The molecule has 1 aromatic carbocycles. The highest BCUT2D eigenvalue weighted by molar-refractivity contribution is 9.10. The van der Waals surface area contributed by atoms with Crippen LogP contribution < -0.4 is 5.73 Å². The largest absolute Gasteiger partial charge is 0.330 e. The standard InChI is InChI=1S/C11H14BrN/c1-7-9(3-2-4-11(7)12)10-5-8(10)6-13/h2-4,8,10H,5-6,13H2,1H3/t8-,10+/m0/s1. The molecule has 0 spiro atoms. The second-order valence-electron chi connectivity index (χ2n) is 3.79. The minimum atomic E-state index is 0.725. The van der Waals surface area contributed by atoms with Crippen LogP contribution in [0.1, 0.15) is 23.5 Å². The van der Waals surface area contributed by atoms with Crippen molar-refractivity contribution in [1.82, 2.24) is 0 Å². The van der Waals surface area contributed by atoms with Crippen LogP contribution in [0.5, 0.6) is 0 Å². The van der Waals surface area contributed by atoms with Crippen molar-refractivity contribution in [3.63, 3.8) is 0 Å². The van der Waals surface area contributed by atoms with Crippen molar-refractivity contribution in [3.05, 3.63) is 33.8 Å². The molecule has 13 heavy (non-hydrogen) atoms. The van der Waals surface area contributed by atoms with Gasteiger partial charge < -0.3 is 5.73 Å². The molecule has 0 unspecified atom stereocenters. The molecule has 0 bridgehead atoms. The van der Waals surface area contributed by atoms with Crippen molar-refractivity contribution in [1.29, 1.82) is 0 Å². The summed E-state index contributed by atoms with van der Waals surface area (Å²) in [6.45, 7) is 3.00. The number of benzene rings is 1. The molecule has 0 amide bonds. The molecule has 1 saturated carbocycles. The predicted octanol–water partition coefficient (Wildman–Crippen LogP) is 2.82. The number of halogens is 1. The molecule has 1 aliphatic carbocycles. The fraction of sp³-hybridized carbons (Fsp3) is 0.455. The monoisotopic (exact) mass is 239 g/mol. The fourth-order valence-corrected chi connectivity index (χ4v) is 2.30. The van der Waals surface area contributed by atoms with Crippen LogP contribution in [-0.2, 0) is 0 Å². The zero-order valence-corrected chi connectivity index (χ0v) is 9.34. The first-order valence-electron chi connectivity index (χ1n) is 4.69. The maximum Gasteiger partial charge on any atom is 0.0207 e. The van der Waals surface area contributed by atoms with Crippen molar-refractivity contribution in [2.24, 2.45) is 11.7 Å². The van der Waals surface area contributed by atoms with Crippen molar-refractivity contribution < 1.29 is 0 Å². The minimum Gasteiger partial charge on any atom is -0.330 e. The van der Waals surface area contributed by atoms with Gasteiger partial charge in [0.2, 0.25) is 0 Å². The smallest absolute Gasteiger partial charge is 0.0207 e. The highest BCUT2D eigenvalue weighted by Crippen LogP contribution is 2.48. The average Bonchev–Trinajstić information content (AvgIpc) is 2.89. The zero-order valence-electron chi connectivity index (χ0n) is 7.76. The van der Waals surface area contributed by atoms with Crippen LogP contribution in [0, 0.1) is 12.8 Å². The van der Waals surface area contributed by atoms with E-state index in [2.05, 4.69) is 41.1 Å². The lowest BCUT2D eigenvalue weighted by Gasteiger charge is -2.06. The molecule has 0 aliphatic heterocycles. The molecule has 1 nitrogen and oxygen atoms in total. The predicted molar refractivity (Wildman–Crippen MR) is 58.8 cm³/mol. The van der Waals surface area contributed by atoms with Crippen molar-refractivity contribution in [2.75, 3.05) is 6.54 Å². The van der Waals surface area contributed by atoms with Gasteiger partial charge in [0.25, 0.3) is 0 Å². The number of hydrogen-bond donors (Lipinski definition) is 1. The first kappa shape index (κ1) is 9.22. The molecule has 0 aromatic heterocycles. The molecule has 2 rings (SSSR count). The summed E-state index contributed by atoms with van der Waals surface area (Å²) in [4.78, 5) is 0. The van der Waals surface area contributed by atoms with Crippen molar-refractivity contribution >= 4 is 15.9 Å². The van der Waals surface area contributed by atoms with Gasteiger partial charge in [0.1, 0.15) is 0 Å². The topological polar surface area (TPSA) is 26.0 Å². The summed E-state index contributed by atoms with van der Waals surface area (Å²) in [5, 5.41) is 0. The normalized spacial score (nSPS) is 26.1. The molecular formula is C11H14BrN. The second kappa shape index (κ2) is 3.43. The van der Waals surface area contributed by atoms with E-state index >= 15 is 0 Å². The van der Waals surface area contributed by atoms with Gasteiger partial charge in [0, 0.05) is 4.47 Å². The Balaban J connectivity index is 2.27. The van der Waals surface area contributed by atoms with E-state index in [1.165, 1.54) is 22.0 Å². The van der Waals surface area contributed by atoms with Crippen molar-refractivity contribution in [2.45, 2.75) is 19.3 Å². The summed E-state index contributed by atoms with van der Waals surface area (Å²) in [6.07, 6.45) is 1.27. The molecule has 0 radical (unpaired) electrons. The van der Waals surface area contributed by atoms with E-state index in [1.54, 1.807) is 0 Å². The molecule has 2 heteroatoms. The van der Waals surface area contributed by atoms with Gasteiger partial charge in [-0.3, -0.25) is 0 Å². The van der Waals surface area contributed by atoms with E-state index < -0.39 is 0 Å². The van der Waals surface area contributed by atoms with Gasteiger partial charge >= 0.3 is 0 Å². The Morgan fingerprint density at radius 2 is 2.31 bits per heavy atom. The molecule has 0 heterocycles. The number of rotatable bonds is 2. The van der Waals surface area contributed by atoms with Crippen molar-refractivity contribution in [3.8, 4) is 0 Å². The quantitative estimate of drug-likeness (QED) is 0.845. The summed E-state index contributed by atoms with van der Waals surface area (Å²) >= 11 is 3.55. The highest BCUT2D eigenvalue weighted by Gasteiger charge is 2.37. The third-order valence-electron chi connectivity index (χ3n) is 2.93. The first-order chi connectivity index (χ1) is 6.24. The SMILES string of the molecule is Cc1c(Br)cccc1[C@@H]1C[C@H]1CN. The van der Waals surface area contributed by atoms with Gasteiger partial charge in [-0.2, -0.15) is 0 Å². The summed E-state index contributed by atoms with van der Waals surface area (Å²) in [7, 11) is 0. The Morgan fingerprint density at radius 1 is 1.54 bits per heavy atom. The van der Waals surface area contributed by atoms with Crippen LogP contribution in [0.25, 0.3) is 0 Å². The number of nitrogens with two attached hydrogens (primary N) is 1. The summed E-state index contributed by atoms with van der Waals surface area (Å²) in [5.41, 5.74) is 8.49. The van der Waals surface area contributed by atoms with E-state index in [-0.39, 0.29) is 0 Å². The molecule has 1 fully saturated rings. The third-order valence-corrected chi connectivity index (χ3v) is 3.79. The van der Waals surface area contributed by atoms with Crippen LogP contribution in [0.15, 0.2) is 22.7 Å². The highest BCUT2D eigenvalue weighted by atomic mass is 79.9. The maximum absolute atomic E-state index is 5.64. The van der Waals surface area contributed by atoms with E-state index in [9.17, 15) is 0 Å². The Morgan fingerprint density at radius 3 is 2.92 bits per heavy atom. The van der Waals surface area contributed by atoms with Gasteiger partial charge in [-0.25, -0.2) is 0 Å². The maximum atomic E-state index is 5.64. The van der Waals surface area contributed by atoms with Crippen LogP contribution in [0.2, 0.25) is 0 Å². The summed E-state index contributed by atoms with van der Waals surface area (Å²) < 4.78 is 1.22. The molecule has 2 N–H and O–H groups in total. The lowest BCUT2D eigenvalue weighted by Crippen LogP contribution is -2.02. The van der Waals surface area contributed by atoms with Crippen LogP contribution in [0.4, 0.5) is 0 Å². The molecule has 70 valence electrons. The lowest BCUT2D eigenvalue weighted by molar-refractivity contribution is 0.807. The van der Waals surface area contributed by atoms with E-state index in [4.69, 9.17) is 5.73 Å². The van der Waals surface area contributed by atoms with Crippen LogP contribution in [0.3, 0.4) is 0 Å².